The first-order valence-corrected chi connectivity index (χ1v) is 5.86. The fraction of sp³-hybridized carbons (Fsp3) is 0.417. The summed E-state index contributed by atoms with van der Waals surface area (Å²) in [6.07, 6.45) is 3.39. The molecule has 2 rings (SSSR count). The molecule has 0 bridgehead atoms. The van der Waals surface area contributed by atoms with E-state index in [1.807, 2.05) is 20.8 Å². The van der Waals surface area contributed by atoms with Crippen LogP contribution in [0.2, 0.25) is 0 Å². The fourth-order valence-corrected chi connectivity index (χ4v) is 1.48. The van der Waals surface area contributed by atoms with Crippen molar-refractivity contribution in [3.63, 3.8) is 0 Å². The van der Waals surface area contributed by atoms with E-state index in [0.717, 1.165) is 17.1 Å². The van der Waals surface area contributed by atoms with Gasteiger partial charge in [0.25, 0.3) is 0 Å². The van der Waals surface area contributed by atoms with E-state index in [-0.39, 0.29) is 6.10 Å². The van der Waals surface area contributed by atoms with Crippen LogP contribution < -0.4 is 10.1 Å². The minimum Gasteiger partial charge on any atom is -0.475 e. The van der Waals surface area contributed by atoms with Crippen molar-refractivity contribution < 1.29 is 4.74 Å². The number of rotatable bonds is 5. The van der Waals surface area contributed by atoms with Crippen LogP contribution in [0.4, 0.5) is 5.82 Å². The van der Waals surface area contributed by atoms with Crippen LogP contribution in [0.25, 0.3) is 0 Å². The minimum absolute atomic E-state index is 0.101. The highest BCUT2D eigenvalue weighted by Gasteiger charge is 2.03. The van der Waals surface area contributed by atoms with Crippen molar-refractivity contribution in [2.24, 2.45) is 0 Å². The predicted octanol–water partition coefficient (Wildman–Crippen LogP) is 1.91. The number of H-pyrrole nitrogens is 1. The smallest absolute Gasteiger partial charge is 0.218 e. The topological polar surface area (TPSA) is 75.7 Å². The first-order valence-electron chi connectivity index (χ1n) is 5.86. The van der Waals surface area contributed by atoms with Crippen LogP contribution in [0, 0.1) is 6.92 Å². The van der Waals surface area contributed by atoms with Gasteiger partial charge in [0.05, 0.1) is 12.3 Å². The molecule has 0 aliphatic heterocycles. The lowest BCUT2D eigenvalue weighted by atomic mass is 10.2. The van der Waals surface area contributed by atoms with Gasteiger partial charge in [0.15, 0.2) is 0 Å². The molecule has 2 aromatic rings. The van der Waals surface area contributed by atoms with Gasteiger partial charge < -0.3 is 10.1 Å². The van der Waals surface area contributed by atoms with E-state index in [9.17, 15) is 0 Å². The molecule has 0 aromatic carbocycles. The molecule has 0 unspecified atom stereocenters. The van der Waals surface area contributed by atoms with Crippen LogP contribution in [0.5, 0.6) is 5.88 Å². The van der Waals surface area contributed by atoms with Crippen molar-refractivity contribution in [3.05, 3.63) is 29.8 Å². The standard InChI is InChI=1S/C12H17N5O/c1-8(2)18-12-4-11(14-7-15-12)13-5-10-6-16-17-9(10)3/h4,6-8H,5H2,1-3H3,(H,16,17)(H,13,14,15). The molecule has 0 saturated heterocycles. The molecule has 0 radical (unpaired) electrons. The quantitative estimate of drug-likeness (QED) is 0.844. The van der Waals surface area contributed by atoms with E-state index >= 15 is 0 Å². The molecule has 2 heterocycles. The molecule has 6 heteroatoms. The number of anilines is 1. The maximum atomic E-state index is 5.51. The van der Waals surface area contributed by atoms with Crippen LogP contribution in [0.3, 0.4) is 0 Å². The Balaban J connectivity index is 1.99. The molecule has 0 aliphatic carbocycles. The third-order valence-corrected chi connectivity index (χ3v) is 2.39. The highest BCUT2D eigenvalue weighted by molar-refractivity contribution is 5.38. The van der Waals surface area contributed by atoms with Crippen LogP contribution in [0.15, 0.2) is 18.6 Å². The van der Waals surface area contributed by atoms with E-state index in [4.69, 9.17) is 4.74 Å². The zero-order valence-corrected chi connectivity index (χ0v) is 10.8. The van der Waals surface area contributed by atoms with E-state index < -0.39 is 0 Å². The lowest BCUT2D eigenvalue weighted by Crippen LogP contribution is -2.08. The second-order valence-electron chi connectivity index (χ2n) is 4.28. The van der Waals surface area contributed by atoms with Gasteiger partial charge in [-0.05, 0) is 20.8 Å². The van der Waals surface area contributed by atoms with Crippen molar-refractivity contribution in [2.45, 2.75) is 33.4 Å². The predicted molar refractivity (Wildman–Crippen MR) is 68.4 cm³/mol. The number of aryl methyl sites for hydroxylation is 1. The number of nitrogens with zero attached hydrogens (tertiary/aromatic N) is 3. The van der Waals surface area contributed by atoms with E-state index in [0.29, 0.717) is 12.4 Å². The first kappa shape index (κ1) is 12.3. The third-order valence-electron chi connectivity index (χ3n) is 2.39. The number of hydrogen-bond acceptors (Lipinski definition) is 5. The normalized spacial score (nSPS) is 10.7. The van der Waals surface area contributed by atoms with E-state index in [1.165, 1.54) is 6.33 Å². The molecule has 2 aromatic heterocycles. The number of hydrogen-bond donors (Lipinski definition) is 2. The Bertz CT molecular complexity index is 509. The Labute approximate surface area is 106 Å². The average molecular weight is 247 g/mol. The molecular formula is C12H17N5O. The first-order chi connectivity index (χ1) is 8.65. The van der Waals surface area contributed by atoms with Gasteiger partial charge in [-0.1, -0.05) is 0 Å². The summed E-state index contributed by atoms with van der Waals surface area (Å²) in [7, 11) is 0. The van der Waals surface area contributed by atoms with Gasteiger partial charge in [-0.3, -0.25) is 5.10 Å². The second-order valence-corrected chi connectivity index (χ2v) is 4.28. The molecule has 0 aliphatic rings. The van der Waals surface area contributed by atoms with Gasteiger partial charge >= 0.3 is 0 Å². The number of aromatic nitrogens is 4. The molecule has 0 amide bonds. The van der Waals surface area contributed by atoms with E-state index in [2.05, 4.69) is 25.5 Å². The van der Waals surface area contributed by atoms with Crippen molar-refractivity contribution in [1.82, 2.24) is 20.2 Å². The summed E-state index contributed by atoms with van der Waals surface area (Å²) in [4.78, 5) is 8.19. The summed E-state index contributed by atoms with van der Waals surface area (Å²) < 4.78 is 5.51. The van der Waals surface area contributed by atoms with Crippen LogP contribution in [0.1, 0.15) is 25.1 Å². The Hall–Kier alpha value is -2.11. The highest BCUT2D eigenvalue weighted by Crippen LogP contribution is 2.13. The van der Waals surface area contributed by atoms with Crippen LogP contribution in [-0.4, -0.2) is 26.3 Å². The lowest BCUT2D eigenvalue weighted by molar-refractivity contribution is 0.232. The zero-order valence-electron chi connectivity index (χ0n) is 10.8. The Morgan fingerprint density at radius 3 is 2.89 bits per heavy atom. The second kappa shape index (κ2) is 5.48. The number of ether oxygens (including phenoxy) is 1. The number of aromatic amines is 1. The van der Waals surface area contributed by atoms with Crippen molar-refractivity contribution in [3.8, 4) is 5.88 Å². The monoisotopic (exact) mass is 247 g/mol. The van der Waals surface area contributed by atoms with Gasteiger partial charge in [0.2, 0.25) is 5.88 Å². The molecule has 0 spiro atoms. The Morgan fingerprint density at radius 2 is 2.22 bits per heavy atom. The lowest BCUT2D eigenvalue weighted by Gasteiger charge is -2.10. The van der Waals surface area contributed by atoms with Crippen molar-refractivity contribution in [1.29, 1.82) is 0 Å². The van der Waals surface area contributed by atoms with E-state index in [1.54, 1.807) is 12.3 Å². The molecule has 0 saturated carbocycles. The number of nitrogens with one attached hydrogen (secondary N) is 2. The third kappa shape index (κ3) is 3.19. The molecule has 6 nitrogen and oxygen atoms in total. The van der Waals surface area contributed by atoms with Gasteiger partial charge in [-0.15, -0.1) is 0 Å². The van der Waals surface area contributed by atoms with Gasteiger partial charge in [0, 0.05) is 23.9 Å². The highest BCUT2D eigenvalue weighted by atomic mass is 16.5. The summed E-state index contributed by atoms with van der Waals surface area (Å²) in [5.41, 5.74) is 2.16. The molecule has 96 valence electrons. The average Bonchev–Trinajstić information content (AvgIpc) is 2.72. The largest absolute Gasteiger partial charge is 0.475 e. The van der Waals surface area contributed by atoms with Crippen LogP contribution >= 0.6 is 0 Å². The summed E-state index contributed by atoms with van der Waals surface area (Å²) in [6.45, 7) is 6.58. The summed E-state index contributed by atoms with van der Waals surface area (Å²) in [5.74, 6) is 1.31. The fourth-order valence-electron chi connectivity index (χ4n) is 1.48. The molecule has 18 heavy (non-hydrogen) atoms. The SMILES string of the molecule is Cc1[nH]ncc1CNc1cc(OC(C)C)ncn1. The maximum Gasteiger partial charge on any atom is 0.218 e. The summed E-state index contributed by atoms with van der Waals surface area (Å²) in [6, 6.07) is 1.79. The maximum absolute atomic E-state index is 5.51. The molecule has 0 atom stereocenters. The molecule has 2 N–H and O–H groups in total. The van der Waals surface area contributed by atoms with Gasteiger partial charge in [-0.25, -0.2) is 9.97 Å². The van der Waals surface area contributed by atoms with Crippen molar-refractivity contribution >= 4 is 5.82 Å². The minimum atomic E-state index is 0.101. The summed E-state index contributed by atoms with van der Waals surface area (Å²) in [5, 5.41) is 10.1. The molecule has 0 fully saturated rings. The Kier molecular flexibility index (Phi) is 3.76. The van der Waals surface area contributed by atoms with Crippen LogP contribution in [-0.2, 0) is 6.54 Å². The van der Waals surface area contributed by atoms with Gasteiger partial charge in [0.1, 0.15) is 12.1 Å². The van der Waals surface area contributed by atoms with Crippen molar-refractivity contribution in [2.75, 3.05) is 5.32 Å². The zero-order chi connectivity index (χ0) is 13.0. The van der Waals surface area contributed by atoms with Gasteiger partial charge in [-0.2, -0.15) is 5.10 Å². The molecular weight excluding hydrogens is 230 g/mol. The summed E-state index contributed by atoms with van der Waals surface area (Å²) >= 11 is 0. The Morgan fingerprint density at radius 1 is 1.39 bits per heavy atom.